The molecule has 0 radical (unpaired) electrons. The van der Waals surface area contributed by atoms with E-state index in [0.29, 0.717) is 12.3 Å². The summed E-state index contributed by atoms with van der Waals surface area (Å²) in [6.45, 7) is 1.96. The summed E-state index contributed by atoms with van der Waals surface area (Å²) >= 11 is 0. The first-order valence-electron chi connectivity index (χ1n) is 8.67. The van der Waals surface area contributed by atoms with Gasteiger partial charge in [-0.05, 0) is 36.8 Å². The fraction of sp³-hybridized carbons (Fsp3) is 0.579. The predicted molar refractivity (Wildman–Crippen MR) is 91.8 cm³/mol. The highest BCUT2D eigenvalue weighted by Gasteiger charge is 2.23. The van der Waals surface area contributed by atoms with Gasteiger partial charge in [-0.1, -0.05) is 38.0 Å². The number of esters is 1. The molecular weight excluding hydrogens is 306 g/mol. The second-order valence-electron chi connectivity index (χ2n) is 6.41. The van der Waals surface area contributed by atoms with Crippen molar-refractivity contribution in [1.82, 2.24) is 5.32 Å². The van der Waals surface area contributed by atoms with Gasteiger partial charge in [-0.25, -0.2) is 0 Å². The summed E-state index contributed by atoms with van der Waals surface area (Å²) in [5.41, 5.74) is 0.956. The van der Waals surface area contributed by atoms with Gasteiger partial charge in [0.05, 0.1) is 7.11 Å². The molecule has 132 valence electrons. The van der Waals surface area contributed by atoms with Crippen LogP contribution >= 0.6 is 0 Å². The Labute approximate surface area is 143 Å². The molecule has 1 aliphatic rings. The van der Waals surface area contributed by atoms with Gasteiger partial charge in [-0.15, -0.1) is 0 Å². The molecule has 1 aromatic rings. The number of benzene rings is 1. The zero-order chi connectivity index (χ0) is 17.4. The van der Waals surface area contributed by atoms with Gasteiger partial charge >= 0.3 is 5.97 Å². The molecule has 0 aromatic heterocycles. The lowest BCUT2D eigenvalue weighted by atomic mass is 9.86. The molecule has 1 saturated carbocycles. The van der Waals surface area contributed by atoms with Crippen molar-refractivity contribution in [1.29, 1.82) is 0 Å². The van der Waals surface area contributed by atoms with Crippen LogP contribution < -0.4 is 10.1 Å². The molecule has 0 spiro atoms. The minimum atomic E-state index is -0.368. The molecule has 0 heterocycles. The monoisotopic (exact) mass is 333 g/mol. The van der Waals surface area contributed by atoms with E-state index >= 15 is 0 Å². The van der Waals surface area contributed by atoms with Gasteiger partial charge in [0.25, 0.3) is 5.91 Å². The molecule has 1 aromatic carbocycles. The Kier molecular flexibility index (Phi) is 7.09. The maximum atomic E-state index is 11.9. The van der Waals surface area contributed by atoms with Gasteiger partial charge in [-0.2, -0.15) is 0 Å². The number of rotatable bonds is 7. The number of nitrogens with one attached hydrogen (secondary N) is 1. The third kappa shape index (κ3) is 5.55. The average molecular weight is 333 g/mol. The standard InChI is InChI=1S/C19H27NO4/c1-14-7-3-5-9-16(14)20-18(21)13-24-19(22)12-11-15-8-4-6-10-17(15)23-2/h4,6,8,10,14,16H,3,5,7,9,11-13H2,1-2H3,(H,20,21)/t14-,16-/m1/s1. The van der Waals surface area contributed by atoms with Crippen molar-refractivity contribution in [2.45, 2.75) is 51.5 Å². The first-order valence-corrected chi connectivity index (χ1v) is 8.67. The summed E-state index contributed by atoms with van der Waals surface area (Å²) < 4.78 is 10.3. The van der Waals surface area contributed by atoms with Crippen LogP contribution in [0.15, 0.2) is 24.3 Å². The van der Waals surface area contributed by atoms with Crippen molar-refractivity contribution in [3.05, 3.63) is 29.8 Å². The minimum Gasteiger partial charge on any atom is -0.496 e. The van der Waals surface area contributed by atoms with Crippen molar-refractivity contribution < 1.29 is 19.1 Å². The van der Waals surface area contributed by atoms with Gasteiger partial charge < -0.3 is 14.8 Å². The second-order valence-corrected chi connectivity index (χ2v) is 6.41. The Balaban J connectivity index is 1.69. The van der Waals surface area contributed by atoms with Gasteiger partial charge in [0.2, 0.25) is 0 Å². The average Bonchev–Trinajstić information content (AvgIpc) is 2.60. The fourth-order valence-corrected chi connectivity index (χ4v) is 3.14. The quantitative estimate of drug-likeness (QED) is 0.779. The van der Waals surface area contributed by atoms with E-state index in [0.717, 1.165) is 30.6 Å². The number of aryl methyl sites for hydroxylation is 1. The Morgan fingerprint density at radius 2 is 1.96 bits per heavy atom. The van der Waals surface area contributed by atoms with E-state index in [-0.39, 0.29) is 30.9 Å². The highest BCUT2D eigenvalue weighted by Crippen LogP contribution is 2.23. The summed E-state index contributed by atoms with van der Waals surface area (Å²) in [6.07, 6.45) is 5.29. The number of para-hydroxylation sites is 1. The number of ether oxygens (including phenoxy) is 2. The Hall–Kier alpha value is -2.04. The van der Waals surface area contributed by atoms with Crippen LogP contribution in [0, 0.1) is 5.92 Å². The second kappa shape index (κ2) is 9.30. The number of carbonyl (C=O) groups is 2. The molecular formula is C19H27NO4. The summed E-state index contributed by atoms with van der Waals surface area (Å²) in [5.74, 6) is 0.672. The molecule has 5 heteroatoms. The number of carbonyl (C=O) groups excluding carboxylic acids is 2. The van der Waals surface area contributed by atoms with E-state index in [2.05, 4.69) is 12.2 Å². The van der Waals surface area contributed by atoms with Gasteiger partial charge in [0, 0.05) is 12.5 Å². The van der Waals surface area contributed by atoms with Crippen LogP contribution in [0.4, 0.5) is 0 Å². The van der Waals surface area contributed by atoms with Crippen molar-refractivity contribution in [3.8, 4) is 5.75 Å². The molecule has 2 atom stereocenters. The van der Waals surface area contributed by atoms with E-state index in [1.807, 2.05) is 24.3 Å². The zero-order valence-electron chi connectivity index (χ0n) is 14.5. The Morgan fingerprint density at radius 3 is 2.71 bits per heavy atom. The molecule has 0 bridgehead atoms. The van der Waals surface area contributed by atoms with E-state index < -0.39 is 0 Å². The maximum Gasteiger partial charge on any atom is 0.306 e. The number of hydrogen-bond donors (Lipinski definition) is 1. The summed E-state index contributed by atoms with van der Waals surface area (Å²) in [5, 5.41) is 2.98. The molecule has 1 aliphatic carbocycles. The number of hydrogen-bond acceptors (Lipinski definition) is 4. The van der Waals surface area contributed by atoms with Crippen molar-refractivity contribution in [2.75, 3.05) is 13.7 Å². The van der Waals surface area contributed by atoms with Gasteiger partial charge in [-0.3, -0.25) is 9.59 Å². The van der Waals surface area contributed by atoms with Crippen LogP contribution in [0.3, 0.4) is 0 Å². The lowest BCUT2D eigenvalue weighted by Crippen LogP contribution is -2.42. The van der Waals surface area contributed by atoms with Crippen LogP contribution in [0.1, 0.15) is 44.6 Å². The topological polar surface area (TPSA) is 64.6 Å². The predicted octanol–water partition coefficient (Wildman–Crippen LogP) is 2.87. The van der Waals surface area contributed by atoms with Crippen LogP contribution in [-0.2, 0) is 20.7 Å². The lowest BCUT2D eigenvalue weighted by Gasteiger charge is -2.29. The third-order valence-corrected chi connectivity index (χ3v) is 4.61. The SMILES string of the molecule is COc1ccccc1CCC(=O)OCC(=O)N[C@@H]1CCCC[C@H]1C. The molecule has 1 N–H and O–H groups in total. The Morgan fingerprint density at radius 1 is 1.21 bits per heavy atom. The van der Waals surface area contributed by atoms with Crippen molar-refractivity contribution in [3.63, 3.8) is 0 Å². The molecule has 0 aliphatic heterocycles. The van der Waals surface area contributed by atoms with Crippen LogP contribution in [0.2, 0.25) is 0 Å². The molecule has 5 nitrogen and oxygen atoms in total. The number of methoxy groups -OCH3 is 1. The largest absolute Gasteiger partial charge is 0.496 e. The molecule has 1 fully saturated rings. The van der Waals surface area contributed by atoms with Crippen LogP contribution in [0.25, 0.3) is 0 Å². The smallest absolute Gasteiger partial charge is 0.306 e. The zero-order valence-corrected chi connectivity index (χ0v) is 14.5. The van der Waals surface area contributed by atoms with E-state index in [9.17, 15) is 9.59 Å². The fourth-order valence-electron chi connectivity index (χ4n) is 3.14. The van der Waals surface area contributed by atoms with E-state index in [1.54, 1.807) is 7.11 Å². The van der Waals surface area contributed by atoms with Crippen molar-refractivity contribution >= 4 is 11.9 Å². The molecule has 0 unspecified atom stereocenters. The van der Waals surface area contributed by atoms with E-state index in [1.165, 1.54) is 6.42 Å². The third-order valence-electron chi connectivity index (χ3n) is 4.61. The summed E-state index contributed by atoms with van der Waals surface area (Å²) in [7, 11) is 1.60. The normalized spacial score (nSPS) is 20.2. The summed E-state index contributed by atoms with van der Waals surface area (Å²) in [4.78, 5) is 23.8. The minimum absolute atomic E-state index is 0.200. The number of amides is 1. The molecule has 0 saturated heterocycles. The maximum absolute atomic E-state index is 11.9. The molecule has 1 amide bonds. The lowest BCUT2D eigenvalue weighted by molar-refractivity contribution is -0.148. The van der Waals surface area contributed by atoms with Crippen molar-refractivity contribution in [2.24, 2.45) is 5.92 Å². The summed E-state index contributed by atoms with van der Waals surface area (Å²) in [6, 6.07) is 7.78. The highest BCUT2D eigenvalue weighted by molar-refractivity contribution is 5.80. The molecule has 24 heavy (non-hydrogen) atoms. The van der Waals surface area contributed by atoms with Gasteiger partial charge in [0.1, 0.15) is 5.75 Å². The van der Waals surface area contributed by atoms with E-state index in [4.69, 9.17) is 9.47 Å². The molecule has 2 rings (SSSR count). The Bertz CT molecular complexity index is 558. The highest BCUT2D eigenvalue weighted by atomic mass is 16.5. The van der Waals surface area contributed by atoms with Crippen LogP contribution in [0.5, 0.6) is 5.75 Å². The van der Waals surface area contributed by atoms with Gasteiger partial charge in [0.15, 0.2) is 6.61 Å². The first kappa shape index (κ1) is 18.3. The first-order chi connectivity index (χ1) is 11.6. The van der Waals surface area contributed by atoms with Crippen LogP contribution in [-0.4, -0.2) is 31.6 Å².